The fraction of sp³-hybridized carbons (Fsp3) is 0.500. The van der Waals surface area contributed by atoms with E-state index < -0.39 is 0 Å². The second-order valence-corrected chi connectivity index (χ2v) is 3.80. The number of benzene rings is 1. The number of ether oxygens (including phenoxy) is 2. The SMILES string of the molecule is CCCC(N)c1ccc2c(c1)OCCO2.Cl. The van der Waals surface area contributed by atoms with E-state index in [-0.39, 0.29) is 18.4 Å². The molecule has 1 heterocycles. The van der Waals surface area contributed by atoms with E-state index in [1.807, 2.05) is 18.2 Å². The molecule has 90 valence electrons. The first kappa shape index (κ1) is 13.1. The summed E-state index contributed by atoms with van der Waals surface area (Å²) in [6.45, 7) is 3.39. The number of rotatable bonds is 3. The normalized spacial score (nSPS) is 15.1. The second kappa shape index (κ2) is 5.97. The van der Waals surface area contributed by atoms with Gasteiger partial charge in [-0.2, -0.15) is 0 Å². The van der Waals surface area contributed by atoms with Gasteiger partial charge in [0, 0.05) is 6.04 Å². The Morgan fingerprint density at radius 1 is 1.25 bits per heavy atom. The van der Waals surface area contributed by atoms with Crippen LogP contribution in [0.2, 0.25) is 0 Å². The smallest absolute Gasteiger partial charge is 0.161 e. The topological polar surface area (TPSA) is 44.5 Å². The molecule has 1 aromatic carbocycles. The Morgan fingerprint density at radius 3 is 2.62 bits per heavy atom. The average molecular weight is 244 g/mol. The van der Waals surface area contributed by atoms with Crippen LogP contribution in [0, 0.1) is 0 Å². The summed E-state index contributed by atoms with van der Waals surface area (Å²) in [5.74, 6) is 1.65. The Balaban J connectivity index is 0.00000128. The van der Waals surface area contributed by atoms with Crippen molar-refractivity contribution in [2.45, 2.75) is 25.8 Å². The summed E-state index contributed by atoms with van der Waals surface area (Å²) in [6.07, 6.45) is 2.09. The van der Waals surface area contributed by atoms with E-state index in [4.69, 9.17) is 15.2 Å². The Bertz CT molecular complexity index is 344. The van der Waals surface area contributed by atoms with Crippen molar-refractivity contribution in [3.8, 4) is 11.5 Å². The molecule has 0 aromatic heterocycles. The van der Waals surface area contributed by atoms with Gasteiger partial charge in [0.15, 0.2) is 11.5 Å². The van der Waals surface area contributed by atoms with Crippen molar-refractivity contribution in [3.63, 3.8) is 0 Å². The molecule has 1 aromatic rings. The molecular weight excluding hydrogens is 226 g/mol. The summed E-state index contributed by atoms with van der Waals surface area (Å²) in [5, 5.41) is 0. The van der Waals surface area contributed by atoms with Gasteiger partial charge in [0.25, 0.3) is 0 Å². The molecule has 1 unspecified atom stereocenters. The molecule has 1 aliphatic heterocycles. The second-order valence-electron chi connectivity index (χ2n) is 3.80. The van der Waals surface area contributed by atoms with Crippen molar-refractivity contribution in [2.75, 3.05) is 13.2 Å². The molecule has 0 amide bonds. The number of nitrogens with two attached hydrogens (primary N) is 1. The summed E-state index contributed by atoms with van der Waals surface area (Å²) in [6, 6.07) is 6.06. The molecule has 0 saturated carbocycles. The zero-order valence-electron chi connectivity index (χ0n) is 9.44. The van der Waals surface area contributed by atoms with Crippen LogP contribution in [0.1, 0.15) is 31.4 Å². The minimum absolute atomic E-state index is 0. The zero-order chi connectivity index (χ0) is 10.7. The summed E-state index contributed by atoms with van der Waals surface area (Å²) in [4.78, 5) is 0. The molecule has 16 heavy (non-hydrogen) atoms. The molecular formula is C12H18ClNO2. The van der Waals surface area contributed by atoms with E-state index in [9.17, 15) is 0 Å². The fourth-order valence-electron chi connectivity index (χ4n) is 1.77. The highest BCUT2D eigenvalue weighted by molar-refractivity contribution is 5.85. The Labute approximate surface area is 102 Å². The van der Waals surface area contributed by atoms with E-state index in [0.29, 0.717) is 13.2 Å². The van der Waals surface area contributed by atoms with Gasteiger partial charge in [-0.05, 0) is 24.1 Å². The van der Waals surface area contributed by atoms with Crippen LogP contribution >= 0.6 is 12.4 Å². The first-order valence-electron chi connectivity index (χ1n) is 5.46. The minimum Gasteiger partial charge on any atom is -0.486 e. The molecule has 1 aliphatic rings. The van der Waals surface area contributed by atoms with Gasteiger partial charge in [-0.1, -0.05) is 19.4 Å². The van der Waals surface area contributed by atoms with Crippen molar-refractivity contribution >= 4 is 12.4 Å². The van der Waals surface area contributed by atoms with Crippen LogP contribution in [-0.4, -0.2) is 13.2 Å². The standard InChI is InChI=1S/C12H17NO2.ClH/c1-2-3-10(13)9-4-5-11-12(8-9)15-7-6-14-11;/h4-5,8,10H,2-3,6-7,13H2,1H3;1H. The molecule has 0 spiro atoms. The Kier molecular flexibility index (Phi) is 4.90. The molecule has 0 bridgehead atoms. The molecule has 1 atom stereocenters. The summed E-state index contributed by atoms with van der Waals surface area (Å²) >= 11 is 0. The maximum atomic E-state index is 6.04. The van der Waals surface area contributed by atoms with Crippen molar-refractivity contribution in [3.05, 3.63) is 23.8 Å². The largest absolute Gasteiger partial charge is 0.486 e. The highest BCUT2D eigenvalue weighted by Gasteiger charge is 2.13. The van der Waals surface area contributed by atoms with E-state index in [1.165, 1.54) is 0 Å². The van der Waals surface area contributed by atoms with Crippen molar-refractivity contribution in [1.82, 2.24) is 0 Å². The van der Waals surface area contributed by atoms with Gasteiger partial charge in [-0.15, -0.1) is 12.4 Å². The molecule has 2 rings (SSSR count). The predicted molar refractivity (Wildman–Crippen MR) is 66.5 cm³/mol. The van der Waals surface area contributed by atoms with Crippen molar-refractivity contribution < 1.29 is 9.47 Å². The number of hydrogen-bond donors (Lipinski definition) is 1. The molecule has 3 nitrogen and oxygen atoms in total. The lowest BCUT2D eigenvalue weighted by atomic mass is 10.0. The third-order valence-corrected chi connectivity index (χ3v) is 2.59. The molecule has 0 aliphatic carbocycles. The lowest BCUT2D eigenvalue weighted by Crippen LogP contribution is -2.16. The molecule has 0 radical (unpaired) electrons. The molecule has 0 fully saturated rings. The molecule has 2 N–H and O–H groups in total. The first-order valence-corrected chi connectivity index (χ1v) is 5.46. The van der Waals surface area contributed by atoms with Crippen molar-refractivity contribution in [1.29, 1.82) is 0 Å². The lowest BCUT2D eigenvalue weighted by molar-refractivity contribution is 0.171. The molecule has 4 heteroatoms. The van der Waals surface area contributed by atoms with Gasteiger partial charge < -0.3 is 15.2 Å². The number of fused-ring (bicyclic) bond motifs is 1. The maximum Gasteiger partial charge on any atom is 0.161 e. The van der Waals surface area contributed by atoms with E-state index in [1.54, 1.807) is 0 Å². The average Bonchev–Trinajstić information content (AvgIpc) is 2.29. The fourth-order valence-corrected chi connectivity index (χ4v) is 1.77. The van der Waals surface area contributed by atoms with Crippen LogP contribution in [0.3, 0.4) is 0 Å². The third kappa shape index (κ3) is 2.80. The lowest BCUT2D eigenvalue weighted by Gasteiger charge is -2.20. The summed E-state index contributed by atoms with van der Waals surface area (Å²) < 4.78 is 11.0. The van der Waals surface area contributed by atoms with Crippen LogP contribution in [-0.2, 0) is 0 Å². The van der Waals surface area contributed by atoms with Crippen LogP contribution < -0.4 is 15.2 Å². The molecule has 0 saturated heterocycles. The van der Waals surface area contributed by atoms with E-state index in [2.05, 4.69) is 6.92 Å². The monoisotopic (exact) mass is 243 g/mol. The van der Waals surface area contributed by atoms with Gasteiger partial charge in [0.1, 0.15) is 13.2 Å². The van der Waals surface area contributed by atoms with Crippen LogP contribution in [0.25, 0.3) is 0 Å². The highest BCUT2D eigenvalue weighted by Crippen LogP contribution is 2.32. The van der Waals surface area contributed by atoms with Gasteiger partial charge in [0.05, 0.1) is 0 Å². The van der Waals surface area contributed by atoms with Gasteiger partial charge >= 0.3 is 0 Å². The van der Waals surface area contributed by atoms with Gasteiger partial charge in [-0.25, -0.2) is 0 Å². The van der Waals surface area contributed by atoms with E-state index in [0.717, 1.165) is 29.9 Å². The summed E-state index contributed by atoms with van der Waals surface area (Å²) in [7, 11) is 0. The predicted octanol–water partition coefficient (Wildman–Crippen LogP) is 2.68. The highest BCUT2D eigenvalue weighted by atomic mass is 35.5. The van der Waals surface area contributed by atoms with Crippen LogP contribution in [0.5, 0.6) is 11.5 Å². The van der Waals surface area contributed by atoms with Crippen molar-refractivity contribution in [2.24, 2.45) is 5.73 Å². The van der Waals surface area contributed by atoms with E-state index >= 15 is 0 Å². The quantitative estimate of drug-likeness (QED) is 0.888. The number of hydrogen-bond acceptors (Lipinski definition) is 3. The number of halogens is 1. The first-order chi connectivity index (χ1) is 7.31. The Morgan fingerprint density at radius 2 is 1.94 bits per heavy atom. The van der Waals surface area contributed by atoms with Gasteiger partial charge in [0.2, 0.25) is 0 Å². The van der Waals surface area contributed by atoms with Crippen LogP contribution in [0.15, 0.2) is 18.2 Å². The minimum atomic E-state index is 0. The third-order valence-electron chi connectivity index (χ3n) is 2.59. The maximum absolute atomic E-state index is 6.04. The van der Waals surface area contributed by atoms with Crippen LogP contribution in [0.4, 0.5) is 0 Å². The van der Waals surface area contributed by atoms with Gasteiger partial charge in [-0.3, -0.25) is 0 Å². The Hall–Kier alpha value is -0.930. The zero-order valence-corrected chi connectivity index (χ0v) is 10.3. The summed E-state index contributed by atoms with van der Waals surface area (Å²) in [5.41, 5.74) is 7.17.